The lowest BCUT2D eigenvalue weighted by molar-refractivity contribution is -0.122. The Morgan fingerprint density at radius 2 is 1.96 bits per heavy atom. The quantitative estimate of drug-likeness (QED) is 0.417. The van der Waals surface area contributed by atoms with Crippen LogP contribution in [0.1, 0.15) is 12.0 Å². The SMILES string of the molecule is O=C(CCN1C(=O)/C(=C\c2cccc(Br)c2)SC1=S)Nc1ccccc1Br. The number of hydrogen-bond donors (Lipinski definition) is 1. The number of carbonyl (C=O) groups excluding carboxylic acids is 2. The van der Waals surface area contributed by atoms with Crippen molar-refractivity contribution >= 4 is 83.7 Å². The van der Waals surface area contributed by atoms with E-state index in [4.69, 9.17) is 12.2 Å². The summed E-state index contributed by atoms with van der Waals surface area (Å²) in [6.45, 7) is 0.247. The molecule has 2 amide bonds. The van der Waals surface area contributed by atoms with E-state index in [1.807, 2.05) is 54.6 Å². The van der Waals surface area contributed by atoms with Gasteiger partial charge in [0, 0.05) is 21.9 Å². The van der Waals surface area contributed by atoms with E-state index in [1.54, 1.807) is 0 Å². The van der Waals surface area contributed by atoms with Crippen LogP contribution >= 0.6 is 55.8 Å². The number of hydrogen-bond acceptors (Lipinski definition) is 4. The smallest absolute Gasteiger partial charge is 0.266 e. The fourth-order valence-electron chi connectivity index (χ4n) is 2.43. The molecule has 1 saturated heterocycles. The van der Waals surface area contributed by atoms with Crippen LogP contribution < -0.4 is 5.32 Å². The number of anilines is 1. The van der Waals surface area contributed by atoms with Crippen LogP contribution in [0, 0.1) is 0 Å². The van der Waals surface area contributed by atoms with Crippen molar-refractivity contribution in [2.75, 3.05) is 11.9 Å². The second kappa shape index (κ2) is 9.14. The lowest BCUT2D eigenvalue weighted by Gasteiger charge is -2.14. The highest BCUT2D eigenvalue weighted by molar-refractivity contribution is 9.10. The van der Waals surface area contributed by atoms with E-state index < -0.39 is 0 Å². The fraction of sp³-hybridized carbons (Fsp3) is 0.105. The van der Waals surface area contributed by atoms with Crippen molar-refractivity contribution in [2.24, 2.45) is 0 Å². The molecular weight excluding hydrogens is 512 g/mol. The van der Waals surface area contributed by atoms with Gasteiger partial charge >= 0.3 is 0 Å². The van der Waals surface area contributed by atoms with Gasteiger partial charge in [0.15, 0.2) is 0 Å². The maximum atomic E-state index is 12.6. The monoisotopic (exact) mass is 524 g/mol. The Balaban J connectivity index is 1.62. The standard InChI is InChI=1S/C19H14Br2N2O2S2/c20-13-5-3-4-12(10-13)11-16-18(25)23(19(26)27-16)9-8-17(24)22-15-7-2-1-6-14(15)21/h1-7,10-11H,8-9H2,(H,22,24)/b16-11+. The molecule has 1 aliphatic heterocycles. The van der Waals surface area contributed by atoms with E-state index in [9.17, 15) is 9.59 Å². The Labute approximate surface area is 183 Å². The summed E-state index contributed by atoms with van der Waals surface area (Å²) in [6, 6.07) is 15.1. The Morgan fingerprint density at radius 1 is 1.19 bits per heavy atom. The minimum Gasteiger partial charge on any atom is -0.325 e. The first-order chi connectivity index (χ1) is 12.9. The van der Waals surface area contributed by atoms with Crippen molar-refractivity contribution in [3.05, 3.63) is 67.9 Å². The van der Waals surface area contributed by atoms with E-state index in [1.165, 1.54) is 16.7 Å². The molecule has 1 N–H and O–H groups in total. The number of rotatable bonds is 5. The minimum atomic E-state index is -0.174. The Bertz CT molecular complexity index is 947. The van der Waals surface area contributed by atoms with Gasteiger partial charge in [-0.05, 0) is 51.8 Å². The van der Waals surface area contributed by atoms with E-state index in [0.29, 0.717) is 14.9 Å². The van der Waals surface area contributed by atoms with Gasteiger partial charge in [-0.25, -0.2) is 0 Å². The molecule has 0 atom stereocenters. The van der Waals surface area contributed by atoms with Crippen molar-refractivity contribution in [3.8, 4) is 0 Å². The molecule has 1 aliphatic rings. The summed E-state index contributed by atoms with van der Waals surface area (Å²) in [4.78, 5) is 26.9. The lowest BCUT2D eigenvalue weighted by Crippen LogP contribution is -2.31. The summed E-state index contributed by atoms with van der Waals surface area (Å²) in [6.07, 6.45) is 1.98. The first-order valence-electron chi connectivity index (χ1n) is 7.99. The second-order valence-electron chi connectivity index (χ2n) is 5.67. The van der Waals surface area contributed by atoms with Crippen LogP contribution in [0.25, 0.3) is 6.08 Å². The van der Waals surface area contributed by atoms with Crippen molar-refractivity contribution < 1.29 is 9.59 Å². The molecule has 8 heteroatoms. The van der Waals surface area contributed by atoms with Gasteiger partial charge in [0.1, 0.15) is 4.32 Å². The summed E-state index contributed by atoms with van der Waals surface area (Å²) >= 11 is 13.4. The number of carbonyl (C=O) groups is 2. The predicted molar refractivity (Wildman–Crippen MR) is 121 cm³/mol. The zero-order valence-electron chi connectivity index (χ0n) is 13.9. The third-order valence-corrected chi connectivity index (χ3v) is 6.29. The van der Waals surface area contributed by atoms with E-state index in [0.717, 1.165) is 14.5 Å². The van der Waals surface area contributed by atoms with Crippen LogP contribution in [0.3, 0.4) is 0 Å². The van der Waals surface area contributed by atoms with Crippen LogP contribution in [-0.4, -0.2) is 27.6 Å². The topological polar surface area (TPSA) is 49.4 Å². The number of nitrogens with one attached hydrogen (secondary N) is 1. The van der Waals surface area contributed by atoms with Gasteiger partial charge < -0.3 is 5.32 Å². The number of amides is 2. The molecule has 0 radical (unpaired) electrons. The zero-order chi connectivity index (χ0) is 19.4. The van der Waals surface area contributed by atoms with Crippen molar-refractivity contribution in [1.82, 2.24) is 4.90 Å². The molecule has 1 heterocycles. The largest absolute Gasteiger partial charge is 0.325 e. The molecule has 0 aliphatic carbocycles. The number of thioether (sulfide) groups is 1. The summed E-state index contributed by atoms with van der Waals surface area (Å²) in [5.74, 6) is -0.342. The van der Waals surface area contributed by atoms with Crippen LogP contribution in [0.2, 0.25) is 0 Å². The average molecular weight is 526 g/mol. The highest BCUT2D eigenvalue weighted by Gasteiger charge is 2.32. The Kier molecular flexibility index (Phi) is 6.86. The summed E-state index contributed by atoms with van der Waals surface area (Å²) in [5.41, 5.74) is 1.61. The van der Waals surface area contributed by atoms with Crippen LogP contribution in [0.15, 0.2) is 62.4 Å². The molecule has 4 nitrogen and oxygen atoms in total. The van der Waals surface area contributed by atoms with Gasteiger partial charge in [-0.15, -0.1) is 0 Å². The van der Waals surface area contributed by atoms with Gasteiger partial charge in [-0.2, -0.15) is 0 Å². The summed E-state index contributed by atoms with van der Waals surface area (Å²) in [7, 11) is 0. The van der Waals surface area contributed by atoms with Gasteiger partial charge in [-0.3, -0.25) is 14.5 Å². The van der Waals surface area contributed by atoms with Gasteiger partial charge in [-0.1, -0.05) is 64.2 Å². The van der Waals surface area contributed by atoms with E-state index >= 15 is 0 Å². The van der Waals surface area contributed by atoms with Crippen LogP contribution in [0.4, 0.5) is 5.69 Å². The third kappa shape index (κ3) is 5.28. The molecule has 27 heavy (non-hydrogen) atoms. The molecule has 0 aromatic heterocycles. The van der Waals surface area contributed by atoms with Crippen molar-refractivity contribution in [2.45, 2.75) is 6.42 Å². The maximum absolute atomic E-state index is 12.6. The first-order valence-corrected chi connectivity index (χ1v) is 10.8. The predicted octanol–water partition coefficient (Wildman–Crippen LogP) is 5.44. The molecule has 0 spiro atoms. The summed E-state index contributed by atoms with van der Waals surface area (Å²) < 4.78 is 2.21. The van der Waals surface area contributed by atoms with Gasteiger partial charge in [0.2, 0.25) is 5.91 Å². The molecule has 2 aromatic carbocycles. The molecule has 0 bridgehead atoms. The van der Waals surface area contributed by atoms with E-state index in [-0.39, 0.29) is 24.8 Å². The van der Waals surface area contributed by atoms with Crippen LogP contribution in [0.5, 0.6) is 0 Å². The number of nitrogens with zero attached hydrogens (tertiary/aromatic N) is 1. The normalized spacial score (nSPS) is 15.5. The molecular formula is C19H14Br2N2O2S2. The molecule has 0 saturated carbocycles. The minimum absolute atomic E-state index is 0.165. The highest BCUT2D eigenvalue weighted by atomic mass is 79.9. The third-order valence-electron chi connectivity index (χ3n) is 3.73. The Morgan fingerprint density at radius 3 is 2.70 bits per heavy atom. The number of para-hydroxylation sites is 1. The van der Waals surface area contributed by atoms with Crippen molar-refractivity contribution in [1.29, 1.82) is 0 Å². The average Bonchev–Trinajstić information content (AvgIpc) is 2.88. The molecule has 0 unspecified atom stereocenters. The van der Waals surface area contributed by atoms with Crippen LogP contribution in [-0.2, 0) is 9.59 Å². The molecule has 1 fully saturated rings. The maximum Gasteiger partial charge on any atom is 0.266 e. The van der Waals surface area contributed by atoms with Gasteiger partial charge in [0.05, 0.1) is 10.6 Å². The second-order valence-corrected chi connectivity index (χ2v) is 9.11. The highest BCUT2D eigenvalue weighted by Crippen LogP contribution is 2.33. The summed E-state index contributed by atoms with van der Waals surface area (Å²) in [5, 5.41) is 2.83. The van der Waals surface area contributed by atoms with E-state index in [2.05, 4.69) is 37.2 Å². The first kappa shape index (κ1) is 20.3. The zero-order valence-corrected chi connectivity index (χ0v) is 18.8. The van der Waals surface area contributed by atoms with Gasteiger partial charge in [0.25, 0.3) is 5.91 Å². The number of benzene rings is 2. The molecule has 2 aromatic rings. The lowest BCUT2D eigenvalue weighted by atomic mass is 10.2. The molecule has 3 rings (SSSR count). The van der Waals surface area contributed by atoms with Crippen molar-refractivity contribution in [3.63, 3.8) is 0 Å². The number of halogens is 2. The molecule has 138 valence electrons. The number of thiocarbonyl (C=S) groups is 1. The fourth-order valence-corrected chi connectivity index (χ4v) is 4.54. The Hall–Kier alpha value is -1.48.